The zero-order valence-corrected chi connectivity index (χ0v) is 10.1. The first-order valence-electron chi connectivity index (χ1n) is 5.49. The van der Waals surface area contributed by atoms with Gasteiger partial charge in [-0.2, -0.15) is 0 Å². The second-order valence-corrected chi connectivity index (χ2v) is 3.88. The Kier molecular flexibility index (Phi) is 3.52. The van der Waals surface area contributed by atoms with Gasteiger partial charge in [0.2, 0.25) is 0 Å². The molecule has 1 heterocycles. The van der Waals surface area contributed by atoms with Crippen molar-refractivity contribution in [3.8, 4) is 11.5 Å². The number of hydrogen-bond acceptors (Lipinski definition) is 5. The summed E-state index contributed by atoms with van der Waals surface area (Å²) in [5, 5.41) is 30.3. The number of nitrogens with one attached hydrogen (secondary N) is 1. The largest absolute Gasteiger partial charge is 0.506 e. The van der Waals surface area contributed by atoms with Crippen molar-refractivity contribution in [1.29, 1.82) is 0 Å². The van der Waals surface area contributed by atoms with Crippen LogP contribution in [0.3, 0.4) is 0 Å². The summed E-state index contributed by atoms with van der Waals surface area (Å²) in [4.78, 5) is 26.2. The van der Waals surface area contributed by atoms with Crippen LogP contribution in [0.15, 0.2) is 36.7 Å². The summed E-state index contributed by atoms with van der Waals surface area (Å²) in [7, 11) is 0. The Hall–Kier alpha value is -3.09. The number of aromatic nitrogens is 1. The molecule has 0 aliphatic rings. The molecule has 2 aromatic rings. The number of hydrogen-bond donors (Lipinski definition) is 4. The summed E-state index contributed by atoms with van der Waals surface area (Å²) < 4.78 is 0. The van der Waals surface area contributed by atoms with Crippen molar-refractivity contribution in [2.75, 3.05) is 5.32 Å². The van der Waals surface area contributed by atoms with Gasteiger partial charge in [-0.1, -0.05) is 0 Å². The molecule has 7 heteroatoms. The normalized spacial score (nSPS) is 10.0. The number of rotatable bonds is 3. The predicted octanol–water partition coefficient (Wildman–Crippen LogP) is 1.44. The molecule has 7 nitrogen and oxygen atoms in total. The number of carbonyl (C=O) groups excluding carboxylic acids is 1. The van der Waals surface area contributed by atoms with Crippen LogP contribution < -0.4 is 5.32 Å². The Morgan fingerprint density at radius 3 is 2.45 bits per heavy atom. The molecule has 0 saturated carbocycles. The highest BCUT2D eigenvalue weighted by Gasteiger charge is 2.14. The molecule has 0 saturated heterocycles. The van der Waals surface area contributed by atoms with E-state index in [0.717, 1.165) is 12.3 Å². The number of carboxylic acid groups (broad SMARTS) is 1. The van der Waals surface area contributed by atoms with Gasteiger partial charge in [0.1, 0.15) is 11.5 Å². The van der Waals surface area contributed by atoms with Gasteiger partial charge in [0.05, 0.1) is 23.0 Å². The summed E-state index contributed by atoms with van der Waals surface area (Å²) in [5.41, 5.74) is -0.0785. The molecule has 0 fully saturated rings. The van der Waals surface area contributed by atoms with Crippen molar-refractivity contribution in [3.05, 3.63) is 47.8 Å². The third-order valence-corrected chi connectivity index (χ3v) is 2.54. The van der Waals surface area contributed by atoms with E-state index in [9.17, 15) is 19.8 Å². The minimum absolute atomic E-state index is 0.0123. The molecule has 4 N–H and O–H groups in total. The van der Waals surface area contributed by atoms with Crippen LogP contribution in [0.25, 0.3) is 0 Å². The number of pyridine rings is 1. The number of phenolic OH excluding ortho intramolecular Hbond substituents is 1. The molecule has 0 unspecified atom stereocenters. The van der Waals surface area contributed by atoms with Crippen molar-refractivity contribution >= 4 is 17.6 Å². The molecule has 0 aliphatic heterocycles. The smallest absolute Gasteiger partial charge is 0.335 e. The maximum Gasteiger partial charge on any atom is 0.335 e. The first-order chi connectivity index (χ1) is 9.49. The van der Waals surface area contributed by atoms with Gasteiger partial charge in [0.25, 0.3) is 5.91 Å². The van der Waals surface area contributed by atoms with Crippen molar-refractivity contribution in [3.63, 3.8) is 0 Å². The number of phenols is 1. The first-order valence-corrected chi connectivity index (χ1v) is 5.49. The topological polar surface area (TPSA) is 120 Å². The molecule has 102 valence electrons. The molecule has 1 amide bonds. The number of aromatic carboxylic acids is 1. The lowest BCUT2D eigenvalue weighted by Gasteiger charge is -2.08. The molecule has 1 aromatic carbocycles. The lowest BCUT2D eigenvalue weighted by molar-refractivity contribution is 0.0696. The molecule has 1 aromatic heterocycles. The number of anilines is 1. The molecule has 0 atom stereocenters. The number of amides is 1. The van der Waals surface area contributed by atoms with Crippen LogP contribution in [-0.4, -0.2) is 32.2 Å². The molecule has 0 aliphatic carbocycles. The molecule has 20 heavy (non-hydrogen) atoms. The van der Waals surface area contributed by atoms with Crippen LogP contribution in [0.1, 0.15) is 20.7 Å². The highest BCUT2D eigenvalue weighted by Crippen LogP contribution is 2.25. The number of benzene rings is 1. The van der Waals surface area contributed by atoms with Gasteiger partial charge in [-0.15, -0.1) is 0 Å². The lowest BCUT2D eigenvalue weighted by atomic mass is 10.1. The summed E-state index contributed by atoms with van der Waals surface area (Å²) >= 11 is 0. The summed E-state index contributed by atoms with van der Waals surface area (Å²) in [5.74, 6) is -2.52. The fourth-order valence-electron chi connectivity index (χ4n) is 1.54. The zero-order chi connectivity index (χ0) is 14.7. The summed E-state index contributed by atoms with van der Waals surface area (Å²) in [6, 6.07) is 4.83. The first kappa shape index (κ1) is 13.3. The number of carboxylic acids is 1. The van der Waals surface area contributed by atoms with Crippen LogP contribution in [0.2, 0.25) is 0 Å². The average molecular weight is 274 g/mol. The quantitative estimate of drug-likeness (QED) is 0.629. The van der Waals surface area contributed by atoms with Gasteiger partial charge in [-0.25, -0.2) is 4.79 Å². The summed E-state index contributed by atoms with van der Waals surface area (Å²) in [6.07, 6.45) is 2.45. The highest BCUT2D eigenvalue weighted by atomic mass is 16.4. The van der Waals surface area contributed by atoms with Gasteiger partial charge in [0, 0.05) is 6.20 Å². The zero-order valence-electron chi connectivity index (χ0n) is 10.1. The number of carbonyl (C=O) groups is 2. The fourth-order valence-corrected chi connectivity index (χ4v) is 1.54. The van der Waals surface area contributed by atoms with Crippen molar-refractivity contribution in [2.45, 2.75) is 0 Å². The van der Waals surface area contributed by atoms with Crippen LogP contribution >= 0.6 is 0 Å². The highest BCUT2D eigenvalue weighted by molar-refractivity contribution is 6.06. The molecule has 0 bridgehead atoms. The Bertz CT molecular complexity index is 684. The van der Waals surface area contributed by atoms with E-state index >= 15 is 0 Å². The van der Waals surface area contributed by atoms with E-state index in [0.29, 0.717) is 0 Å². The Labute approximate surface area is 113 Å². The molecule has 2 rings (SSSR count). The van der Waals surface area contributed by atoms with Crippen LogP contribution in [0.4, 0.5) is 5.69 Å². The fraction of sp³-hybridized carbons (Fsp3) is 0. The van der Waals surface area contributed by atoms with Crippen molar-refractivity contribution < 1.29 is 24.9 Å². The summed E-state index contributed by atoms with van der Waals surface area (Å²) in [6.45, 7) is 0. The maximum absolute atomic E-state index is 11.9. The second kappa shape index (κ2) is 5.27. The van der Waals surface area contributed by atoms with E-state index in [4.69, 9.17) is 5.11 Å². The van der Waals surface area contributed by atoms with Crippen molar-refractivity contribution in [1.82, 2.24) is 4.98 Å². The van der Waals surface area contributed by atoms with E-state index in [1.165, 1.54) is 24.4 Å². The Balaban J connectivity index is 2.25. The van der Waals surface area contributed by atoms with E-state index in [-0.39, 0.29) is 28.3 Å². The van der Waals surface area contributed by atoms with Crippen LogP contribution in [-0.2, 0) is 0 Å². The Morgan fingerprint density at radius 2 is 1.85 bits per heavy atom. The van der Waals surface area contributed by atoms with E-state index < -0.39 is 11.9 Å². The molecular formula is C13H10N2O5. The van der Waals surface area contributed by atoms with Gasteiger partial charge in [-0.05, 0) is 24.3 Å². The van der Waals surface area contributed by atoms with Gasteiger partial charge < -0.3 is 20.6 Å². The van der Waals surface area contributed by atoms with E-state index in [1.807, 2.05) is 0 Å². The SMILES string of the molecule is O=C(O)c1ccc(NC(=O)c2ccncc2O)c(O)c1. The number of aromatic hydroxyl groups is 2. The van der Waals surface area contributed by atoms with E-state index in [2.05, 4.69) is 10.3 Å². The predicted molar refractivity (Wildman–Crippen MR) is 68.9 cm³/mol. The third-order valence-electron chi connectivity index (χ3n) is 2.54. The number of nitrogens with zero attached hydrogens (tertiary/aromatic N) is 1. The van der Waals surface area contributed by atoms with Crippen LogP contribution in [0.5, 0.6) is 11.5 Å². The van der Waals surface area contributed by atoms with E-state index in [1.54, 1.807) is 0 Å². The molecule has 0 radical (unpaired) electrons. The standard InChI is InChI=1S/C13H10N2O5/c16-10-5-7(13(19)20)1-2-9(10)15-12(18)8-3-4-14-6-11(8)17/h1-6,16-17H,(H,15,18)(H,19,20). The van der Waals surface area contributed by atoms with Gasteiger partial charge in [0.15, 0.2) is 0 Å². The Morgan fingerprint density at radius 1 is 1.10 bits per heavy atom. The molecule has 0 spiro atoms. The maximum atomic E-state index is 11.9. The lowest BCUT2D eigenvalue weighted by Crippen LogP contribution is -2.12. The second-order valence-electron chi connectivity index (χ2n) is 3.88. The monoisotopic (exact) mass is 274 g/mol. The minimum Gasteiger partial charge on any atom is -0.506 e. The minimum atomic E-state index is -1.19. The third kappa shape index (κ3) is 2.66. The van der Waals surface area contributed by atoms with Crippen molar-refractivity contribution in [2.24, 2.45) is 0 Å². The van der Waals surface area contributed by atoms with Crippen LogP contribution in [0, 0.1) is 0 Å². The van der Waals surface area contributed by atoms with Gasteiger partial charge >= 0.3 is 5.97 Å². The average Bonchev–Trinajstić information content (AvgIpc) is 2.41. The van der Waals surface area contributed by atoms with Gasteiger partial charge in [-0.3, -0.25) is 9.78 Å². The molecular weight excluding hydrogens is 264 g/mol.